The highest BCUT2D eigenvalue weighted by molar-refractivity contribution is 6.17. The van der Waals surface area contributed by atoms with Crippen LogP contribution < -0.4 is 0 Å². The molecule has 0 atom stereocenters. The average Bonchev–Trinajstić information content (AvgIpc) is 2.82. The van der Waals surface area contributed by atoms with Crippen LogP contribution in [0, 0.1) is 13.8 Å². The van der Waals surface area contributed by atoms with Crippen LogP contribution in [0.2, 0.25) is 0 Å². The number of imidazole rings is 1. The maximum absolute atomic E-state index is 5.98. The van der Waals surface area contributed by atoms with E-state index in [0.717, 1.165) is 22.4 Å². The first-order valence-electron chi connectivity index (χ1n) is 6.15. The summed E-state index contributed by atoms with van der Waals surface area (Å²) in [5.41, 5.74) is 5.54. The van der Waals surface area contributed by atoms with Gasteiger partial charge < -0.3 is 0 Å². The van der Waals surface area contributed by atoms with Gasteiger partial charge in [-0.3, -0.25) is 4.57 Å². The number of hydrogen-bond acceptors (Lipinski definition) is 2. The maximum Gasteiger partial charge on any atom is 0.142 e. The molecule has 3 rings (SSSR count). The molecule has 0 bridgehead atoms. The molecule has 0 aliphatic carbocycles. The second-order valence-electron chi connectivity index (χ2n) is 4.66. The highest BCUT2D eigenvalue weighted by Crippen LogP contribution is 2.23. The van der Waals surface area contributed by atoms with Gasteiger partial charge in [-0.05, 0) is 43.2 Å². The molecule has 3 aromatic rings. The molecule has 96 valence electrons. The summed E-state index contributed by atoms with van der Waals surface area (Å²) < 4.78 is 2.00. The summed E-state index contributed by atoms with van der Waals surface area (Å²) >= 11 is 5.98. The molecule has 0 aliphatic heterocycles. The van der Waals surface area contributed by atoms with Gasteiger partial charge >= 0.3 is 0 Å². The Balaban J connectivity index is 2.28. The Morgan fingerprint density at radius 1 is 1.16 bits per heavy atom. The third kappa shape index (κ3) is 2.00. The van der Waals surface area contributed by atoms with E-state index in [0.29, 0.717) is 5.88 Å². The zero-order valence-electron chi connectivity index (χ0n) is 10.9. The van der Waals surface area contributed by atoms with Gasteiger partial charge in [0.1, 0.15) is 12.1 Å². The first-order chi connectivity index (χ1) is 9.20. The van der Waals surface area contributed by atoms with Gasteiger partial charge in [-0.15, -0.1) is 11.6 Å². The van der Waals surface area contributed by atoms with E-state index < -0.39 is 0 Å². The second-order valence-corrected chi connectivity index (χ2v) is 4.93. The van der Waals surface area contributed by atoms with E-state index in [-0.39, 0.29) is 0 Å². The highest BCUT2D eigenvalue weighted by Gasteiger charge is 2.10. The number of rotatable bonds is 2. The Kier molecular flexibility index (Phi) is 2.99. The van der Waals surface area contributed by atoms with E-state index in [1.807, 2.05) is 23.0 Å². The number of hydrogen-bond donors (Lipinski definition) is 0. The third-order valence-corrected chi connectivity index (χ3v) is 3.69. The molecule has 0 aliphatic rings. The zero-order chi connectivity index (χ0) is 13.4. The fourth-order valence-corrected chi connectivity index (χ4v) is 2.39. The van der Waals surface area contributed by atoms with Crippen molar-refractivity contribution in [3.8, 4) is 5.82 Å². The SMILES string of the molecule is Cc1cc2ncn(-c3ncccc3CCl)c2cc1C. The van der Waals surface area contributed by atoms with Crippen LogP contribution in [0.25, 0.3) is 16.9 Å². The molecule has 3 nitrogen and oxygen atoms in total. The first kappa shape index (κ1) is 12.2. The van der Waals surface area contributed by atoms with Crippen molar-refractivity contribution in [1.82, 2.24) is 14.5 Å². The largest absolute Gasteiger partial charge is 0.283 e. The van der Waals surface area contributed by atoms with Crippen LogP contribution in [0.4, 0.5) is 0 Å². The lowest BCUT2D eigenvalue weighted by molar-refractivity contribution is 0.996. The number of alkyl halides is 1. The van der Waals surface area contributed by atoms with E-state index in [1.54, 1.807) is 6.20 Å². The standard InChI is InChI=1S/C15H14ClN3/c1-10-6-13-14(7-11(10)2)19(9-18-13)15-12(8-16)4-3-5-17-15/h3-7,9H,8H2,1-2H3. The molecule has 2 aromatic heterocycles. The van der Waals surface area contributed by atoms with Crippen molar-refractivity contribution in [2.45, 2.75) is 19.7 Å². The number of nitrogens with zero attached hydrogens (tertiary/aromatic N) is 3. The molecule has 0 fully saturated rings. The van der Waals surface area contributed by atoms with Crippen LogP contribution in [0.1, 0.15) is 16.7 Å². The maximum atomic E-state index is 5.98. The number of aromatic nitrogens is 3. The summed E-state index contributed by atoms with van der Waals surface area (Å²) in [4.78, 5) is 8.89. The number of pyridine rings is 1. The smallest absolute Gasteiger partial charge is 0.142 e. The average molecular weight is 272 g/mol. The summed E-state index contributed by atoms with van der Waals surface area (Å²) in [6.07, 6.45) is 3.58. The molecule has 0 radical (unpaired) electrons. The van der Waals surface area contributed by atoms with Crippen molar-refractivity contribution < 1.29 is 0 Å². The van der Waals surface area contributed by atoms with E-state index >= 15 is 0 Å². The number of aryl methyl sites for hydroxylation is 2. The molecule has 0 N–H and O–H groups in total. The molecule has 1 aromatic carbocycles. The fraction of sp³-hybridized carbons (Fsp3) is 0.200. The van der Waals surface area contributed by atoms with Gasteiger partial charge in [-0.25, -0.2) is 9.97 Å². The number of fused-ring (bicyclic) bond motifs is 1. The van der Waals surface area contributed by atoms with Gasteiger partial charge in [0.25, 0.3) is 0 Å². The van der Waals surface area contributed by atoms with Crippen molar-refractivity contribution in [2.75, 3.05) is 0 Å². The Hall–Kier alpha value is -1.87. The predicted molar refractivity (Wildman–Crippen MR) is 77.9 cm³/mol. The van der Waals surface area contributed by atoms with Gasteiger partial charge in [-0.1, -0.05) is 6.07 Å². The van der Waals surface area contributed by atoms with Crippen LogP contribution >= 0.6 is 11.6 Å². The second kappa shape index (κ2) is 4.67. The number of halogens is 1. The van der Waals surface area contributed by atoms with Crippen molar-refractivity contribution in [3.63, 3.8) is 0 Å². The lowest BCUT2D eigenvalue weighted by Gasteiger charge is -2.08. The molecule has 0 amide bonds. The van der Waals surface area contributed by atoms with Crippen molar-refractivity contribution in [1.29, 1.82) is 0 Å². The van der Waals surface area contributed by atoms with Gasteiger partial charge in [0.05, 0.1) is 16.9 Å². The van der Waals surface area contributed by atoms with Gasteiger partial charge in [0.15, 0.2) is 0 Å². The molecule has 0 saturated heterocycles. The van der Waals surface area contributed by atoms with Gasteiger partial charge in [0.2, 0.25) is 0 Å². The minimum Gasteiger partial charge on any atom is -0.283 e. The molecule has 2 heterocycles. The fourth-order valence-electron chi connectivity index (χ4n) is 2.18. The van der Waals surface area contributed by atoms with Crippen LogP contribution in [0.3, 0.4) is 0 Å². The van der Waals surface area contributed by atoms with Crippen LogP contribution in [0.15, 0.2) is 36.8 Å². The normalized spacial score (nSPS) is 11.1. The summed E-state index contributed by atoms with van der Waals surface area (Å²) in [6, 6.07) is 8.13. The quantitative estimate of drug-likeness (QED) is 0.664. The third-order valence-electron chi connectivity index (χ3n) is 3.40. The molecule has 4 heteroatoms. The van der Waals surface area contributed by atoms with Gasteiger partial charge in [-0.2, -0.15) is 0 Å². The summed E-state index contributed by atoms with van der Waals surface area (Å²) in [7, 11) is 0. The van der Waals surface area contributed by atoms with E-state index in [2.05, 4.69) is 35.9 Å². The van der Waals surface area contributed by atoms with E-state index in [9.17, 15) is 0 Å². The minimum absolute atomic E-state index is 0.438. The zero-order valence-corrected chi connectivity index (χ0v) is 11.6. The molecule has 0 unspecified atom stereocenters. The lowest BCUT2D eigenvalue weighted by Crippen LogP contribution is -2.00. The van der Waals surface area contributed by atoms with Crippen molar-refractivity contribution >= 4 is 22.6 Å². The van der Waals surface area contributed by atoms with Gasteiger partial charge in [0, 0.05) is 11.8 Å². The summed E-state index contributed by atoms with van der Waals surface area (Å²) in [5, 5.41) is 0. The Labute approximate surface area is 116 Å². The number of benzene rings is 1. The Morgan fingerprint density at radius 2 is 1.95 bits per heavy atom. The topological polar surface area (TPSA) is 30.7 Å². The van der Waals surface area contributed by atoms with E-state index in [1.165, 1.54) is 11.1 Å². The van der Waals surface area contributed by atoms with Crippen LogP contribution in [-0.4, -0.2) is 14.5 Å². The highest BCUT2D eigenvalue weighted by atomic mass is 35.5. The molecule has 0 saturated carbocycles. The molecule has 19 heavy (non-hydrogen) atoms. The summed E-state index contributed by atoms with van der Waals surface area (Å²) in [6.45, 7) is 4.20. The molecular weight excluding hydrogens is 258 g/mol. The van der Waals surface area contributed by atoms with Crippen LogP contribution in [0.5, 0.6) is 0 Å². The predicted octanol–water partition coefficient (Wildman–Crippen LogP) is 3.78. The van der Waals surface area contributed by atoms with E-state index in [4.69, 9.17) is 11.6 Å². The Morgan fingerprint density at radius 3 is 2.74 bits per heavy atom. The monoisotopic (exact) mass is 271 g/mol. The molecule has 0 spiro atoms. The minimum atomic E-state index is 0.438. The first-order valence-corrected chi connectivity index (χ1v) is 6.68. The lowest BCUT2D eigenvalue weighted by atomic mass is 10.1. The Bertz CT molecular complexity index is 746. The van der Waals surface area contributed by atoms with Crippen LogP contribution in [-0.2, 0) is 5.88 Å². The molecular formula is C15H14ClN3. The summed E-state index contributed by atoms with van der Waals surface area (Å²) in [5.74, 6) is 1.29. The van der Waals surface area contributed by atoms with Crippen molar-refractivity contribution in [3.05, 3.63) is 53.5 Å². The van der Waals surface area contributed by atoms with Crippen molar-refractivity contribution in [2.24, 2.45) is 0 Å².